The molecule has 21 heavy (non-hydrogen) atoms. The molecule has 0 atom stereocenters. The van der Waals surface area contributed by atoms with Crippen LogP contribution in [0.5, 0.6) is 0 Å². The Hall–Kier alpha value is -1.77. The second-order valence-electron chi connectivity index (χ2n) is 4.20. The topological polar surface area (TPSA) is 12.0 Å². The first-order chi connectivity index (χ1) is 10.2. The van der Waals surface area contributed by atoms with Gasteiger partial charge in [0.25, 0.3) is 0 Å². The number of benzene rings is 2. The van der Waals surface area contributed by atoms with Gasteiger partial charge in [0.05, 0.1) is 0 Å². The van der Waals surface area contributed by atoms with Crippen LogP contribution >= 0.6 is 11.9 Å². The van der Waals surface area contributed by atoms with Crippen LogP contribution in [0.3, 0.4) is 0 Å². The van der Waals surface area contributed by atoms with Gasteiger partial charge in [-0.1, -0.05) is 66.2 Å². The fourth-order valence-electron chi connectivity index (χ4n) is 1.49. The van der Waals surface area contributed by atoms with Crippen LogP contribution in [0.15, 0.2) is 73.2 Å². The monoisotopic (exact) mass is 299 g/mol. The predicted molar refractivity (Wildman–Crippen MR) is 98.6 cm³/mol. The van der Waals surface area contributed by atoms with E-state index in [1.54, 1.807) is 11.9 Å². The van der Waals surface area contributed by atoms with E-state index in [0.29, 0.717) is 0 Å². The van der Waals surface area contributed by atoms with Crippen LogP contribution in [0.25, 0.3) is 6.08 Å². The van der Waals surface area contributed by atoms with Crippen molar-refractivity contribution >= 4 is 18.0 Å². The molecule has 0 spiro atoms. The van der Waals surface area contributed by atoms with Crippen LogP contribution in [0.1, 0.15) is 16.7 Å². The van der Waals surface area contributed by atoms with Crippen molar-refractivity contribution in [2.45, 2.75) is 18.7 Å². The average molecular weight is 299 g/mol. The third kappa shape index (κ3) is 8.18. The summed E-state index contributed by atoms with van der Waals surface area (Å²) in [6, 6.07) is 16.6. The lowest BCUT2D eigenvalue weighted by Crippen LogP contribution is -1.91. The third-order valence-corrected chi connectivity index (χ3v) is 3.36. The zero-order valence-corrected chi connectivity index (χ0v) is 14.0. The van der Waals surface area contributed by atoms with E-state index < -0.39 is 0 Å². The number of rotatable bonds is 3. The molecular formula is C19H25NS. The molecule has 112 valence electrons. The summed E-state index contributed by atoms with van der Waals surface area (Å²) in [4.78, 5) is 1.21. The maximum Gasteiger partial charge on any atom is 0.0300 e. The Morgan fingerprint density at radius 2 is 1.38 bits per heavy atom. The standard InChI is InChI=1S/C9H11NS.C8H10.C2H4/c1-3-8-6-4-5-7-9(8)11-10-2;1-7-3-5-8(2)6-4-7;1-2/h3-7,10H,1H2,2H3;3-6H,1-2H3;1-2H2. The molecule has 2 heteroatoms. The maximum absolute atomic E-state index is 3.73. The highest BCUT2D eigenvalue weighted by Crippen LogP contribution is 2.19. The van der Waals surface area contributed by atoms with E-state index in [1.165, 1.54) is 21.6 Å². The maximum atomic E-state index is 3.73. The fraction of sp³-hybridized carbons (Fsp3) is 0.158. The average Bonchev–Trinajstić information content (AvgIpc) is 2.54. The molecule has 2 aromatic rings. The largest absolute Gasteiger partial charge is 0.263 e. The lowest BCUT2D eigenvalue weighted by atomic mass is 10.2. The van der Waals surface area contributed by atoms with Crippen LogP contribution < -0.4 is 4.72 Å². The quantitative estimate of drug-likeness (QED) is 0.579. The van der Waals surface area contributed by atoms with Crippen molar-refractivity contribution in [2.24, 2.45) is 0 Å². The summed E-state index contributed by atoms with van der Waals surface area (Å²) in [7, 11) is 1.91. The normalized spacial score (nSPS) is 8.71. The van der Waals surface area contributed by atoms with Crippen molar-refractivity contribution in [3.63, 3.8) is 0 Å². The Balaban J connectivity index is 0.000000354. The smallest absolute Gasteiger partial charge is 0.0300 e. The molecule has 0 saturated carbocycles. The number of hydrogen-bond donors (Lipinski definition) is 1. The zero-order valence-electron chi connectivity index (χ0n) is 13.2. The van der Waals surface area contributed by atoms with Gasteiger partial charge in [0.1, 0.15) is 0 Å². The van der Waals surface area contributed by atoms with E-state index in [2.05, 4.69) is 68.6 Å². The molecule has 0 fully saturated rings. The van der Waals surface area contributed by atoms with Gasteiger partial charge in [-0.2, -0.15) is 0 Å². The van der Waals surface area contributed by atoms with Crippen molar-refractivity contribution in [1.82, 2.24) is 4.72 Å². The Labute approximate surface area is 133 Å². The number of aryl methyl sites for hydroxylation is 2. The highest BCUT2D eigenvalue weighted by Gasteiger charge is 1.95. The number of nitrogens with one attached hydrogen (secondary N) is 1. The minimum absolute atomic E-state index is 1.17. The molecule has 0 heterocycles. The molecule has 0 unspecified atom stereocenters. The molecule has 0 aliphatic heterocycles. The van der Waals surface area contributed by atoms with Crippen molar-refractivity contribution in [3.8, 4) is 0 Å². The molecule has 0 amide bonds. The number of hydrogen-bond acceptors (Lipinski definition) is 2. The second-order valence-corrected chi connectivity index (χ2v) is 5.26. The van der Waals surface area contributed by atoms with Crippen molar-refractivity contribution in [1.29, 1.82) is 0 Å². The molecule has 0 saturated heterocycles. The first kappa shape index (κ1) is 19.2. The van der Waals surface area contributed by atoms with Crippen LogP contribution in [-0.4, -0.2) is 7.05 Å². The van der Waals surface area contributed by atoms with Crippen molar-refractivity contribution in [2.75, 3.05) is 7.05 Å². The van der Waals surface area contributed by atoms with Gasteiger partial charge in [0.15, 0.2) is 0 Å². The molecule has 0 aromatic heterocycles. The van der Waals surface area contributed by atoms with Crippen LogP contribution in [-0.2, 0) is 0 Å². The van der Waals surface area contributed by atoms with Gasteiger partial charge < -0.3 is 0 Å². The molecule has 2 rings (SSSR count). The van der Waals surface area contributed by atoms with Gasteiger partial charge in [-0.15, -0.1) is 13.2 Å². The van der Waals surface area contributed by atoms with Crippen LogP contribution in [0.4, 0.5) is 0 Å². The molecule has 1 nitrogen and oxygen atoms in total. The van der Waals surface area contributed by atoms with E-state index in [4.69, 9.17) is 0 Å². The summed E-state index contributed by atoms with van der Waals surface area (Å²) in [5.74, 6) is 0. The van der Waals surface area contributed by atoms with Gasteiger partial charge >= 0.3 is 0 Å². The minimum Gasteiger partial charge on any atom is -0.263 e. The Bertz CT molecular complexity index is 496. The zero-order chi connectivity index (χ0) is 16.1. The van der Waals surface area contributed by atoms with E-state index in [0.717, 1.165) is 0 Å². The summed E-state index contributed by atoms with van der Waals surface area (Å²) in [5, 5.41) is 0. The van der Waals surface area contributed by atoms with E-state index in [-0.39, 0.29) is 0 Å². The Kier molecular flexibility index (Phi) is 11.0. The van der Waals surface area contributed by atoms with E-state index >= 15 is 0 Å². The first-order valence-electron chi connectivity index (χ1n) is 6.75. The summed E-state index contributed by atoms with van der Waals surface area (Å²) in [5.41, 5.74) is 3.83. The molecule has 2 aromatic carbocycles. The SMILES string of the molecule is C=C.C=Cc1ccccc1SNC.Cc1ccc(C)cc1. The first-order valence-corrected chi connectivity index (χ1v) is 7.57. The van der Waals surface area contributed by atoms with Crippen molar-refractivity contribution < 1.29 is 0 Å². The minimum atomic E-state index is 1.17. The second kappa shape index (κ2) is 12.0. The van der Waals surface area contributed by atoms with E-state index in [1.807, 2.05) is 31.3 Å². The highest BCUT2D eigenvalue weighted by molar-refractivity contribution is 7.97. The predicted octanol–water partition coefficient (Wildman–Crippen LogP) is 5.66. The molecule has 0 aliphatic rings. The summed E-state index contributed by atoms with van der Waals surface area (Å²) >= 11 is 1.61. The van der Waals surface area contributed by atoms with Crippen LogP contribution in [0.2, 0.25) is 0 Å². The molecule has 0 aliphatic carbocycles. The summed E-state index contributed by atoms with van der Waals surface area (Å²) in [6.07, 6.45) is 1.86. The third-order valence-electron chi connectivity index (χ3n) is 2.57. The molecule has 0 radical (unpaired) electrons. The Morgan fingerprint density at radius 1 is 0.905 bits per heavy atom. The molecule has 0 bridgehead atoms. The lowest BCUT2D eigenvalue weighted by Gasteiger charge is -2.02. The van der Waals surface area contributed by atoms with Crippen molar-refractivity contribution in [3.05, 3.63) is 85.0 Å². The van der Waals surface area contributed by atoms with Gasteiger partial charge in [0, 0.05) is 4.90 Å². The van der Waals surface area contributed by atoms with Gasteiger partial charge in [0.2, 0.25) is 0 Å². The molecule has 1 N–H and O–H groups in total. The summed E-state index contributed by atoms with van der Waals surface area (Å²) < 4.78 is 3.03. The van der Waals surface area contributed by atoms with Gasteiger partial charge in [-0.3, -0.25) is 4.72 Å². The summed E-state index contributed by atoms with van der Waals surface area (Å²) in [6.45, 7) is 13.9. The Morgan fingerprint density at radius 3 is 1.81 bits per heavy atom. The van der Waals surface area contributed by atoms with Crippen LogP contribution in [0, 0.1) is 13.8 Å². The van der Waals surface area contributed by atoms with Gasteiger partial charge in [-0.25, -0.2) is 0 Å². The lowest BCUT2D eigenvalue weighted by molar-refractivity contribution is 1.27. The van der Waals surface area contributed by atoms with E-state index in [9.17, 15) is 0 Å². The molecular weight excluding hydrogens is 274 g/mol. The van der Waals surface area contributed by atoms with Gasteiger partial charge in [-0.05, 0) is 44.5 Å². The highest BCUT2D eigenvalue weighted by atomic mass is 32.2. The fourth-order valence-corrected chi connectivity index (χ4v) is 2.12.